The molecule has 0 radical (unpaired) electrons. The summed E-state index contributed by atoms with van der Waals surface area (Å²) in [6.07, 6.45) is 0.932. The molecule has 0 aromatic heterocycles. The molecular weight excluding hydrogens is 214 g/mol. The number of benzene rings is 1. The van der Waals surface area contributed by atoms with Crippen LogP contribution in [0, 0.1) is 18.3 Å². The molecule has 4 nitrogen and oxygen atoms in total. The van der Waals surface area contributed by atoms with Crippen LogP contribution in [0.15, 0.2) is 18.2 Å². The third-order valence-electron chi connectivity index (χ3n) is 2.37. The Balaban J connectivity index is 2.52. The highest BCUT2D eigenvalue weighted by molar-refractivity contribution is 5.80. The molecule has 0 bridgehead atoms. The molecule has 0 fully saturated rings. The van der Waals surface area contributed by atoms with Crippen molar-refractivity contribution in [3.8, 4) is 6.07 Å². The predicted molar refractivity (Wildman–Crippen MR) is 67.7 cm³/mol. The van der Waals surface area contributed by atoms with Crippen molar-refractivity contribution in [3.05, 3.63) is 29.3 Å². The summed E-state index contributed by atoms with van der Waals surface area (Å²) in [4.78, 5) is 11.4. The number of carbonyl (C=O) groups excluding carboxylic acids is 1. The summed E-state index contributed by atoms with van der Waals surface area (Å²) in [6.45, 7) is 4.88. The summed E-state index contributed by atoms with van der Waals surface area (Å²) >= 11 is 0. The third kappa shape index (κ3) is 4.15. The van der Waals surface area contributed by atoms with Crippen LogP contribution in [-0.4, -0.2) is 19.0 Å². The molecule has 0 aliphatic carbocycles. The van der Waals surface area contributed by atoms with Gasteiger partial charge in [-0.25, -0.2) is 0 Å². The minimum Gasteiger partial charge on any atom is -0.376 e. The second-order valence-corrected chi connectivity index (χ2v) is 3.85. The first-order valence-corrected chi connectivity index (χ1v) is 5.68. The van der Waals surface area contributed by atoms with E-state index in [0.717, 1.165) is 17.7 Å². The molecular formula is C13H17N3O. The number of rotatable bonds is 5. The summed E-state index contributed by atoms with van der Waals surface area (Å²) in [6, 6.07) is 7.43. The first kappa shape index (κ1) is 13.0. The molecule has 0 unspecified atom stereocenters. The van der Waals surface area contributed by atoms with E-state index in [9.17, 15) is 4.79 Å². The minimum absolute atomic E-state index is 0.0180. The van der Waals surface area contributed by atoms with Gasteiger partial charge in [0.25, 0.3) is 0 Å². The van der Waals surface area contributed by atoms with Crippen LogP contribution in [0.3, 0.4) is 0 Å². The van der Waals surface area contributed by atoms with E-state index >= 15 is 0 Å². The second-order valence-electron chi connectivity index (χ2n) is 3.85. The number of carbonyl (C=O) groups is 1. The minimum atomic E-state index is -0.0180. The van der Waals surface area contributed by atoms with Crippen LogP contribution in [0.25, 0.3) is 0 Å². The van der Waals surface area contributed by atoms with Gasteiger partial charge in [-0.15, -0.1) is 0 Å². The van der Waals surface area contributed by atoms with Gasteiger partial charge in [0, 0.05) is 12.2 Å². The number of nitrogens with one attached hydrogen (secondary N) is 2. The SMILES string of the molecule is CCCNC(=O)CNc1ccc(C#N)cc1C. The zero-order valence-corrected chi connectivity index (χ0v) is 10.2. The first-order valence-electron chi connectivity index (χ1n) is 5.68. The predicted octanol–water partition coefficient (Wildman–Crippen LogP) is 1.80. The topological polar surface area (TPSA) is 64.9 Å². The van der Waals surface area contributed by atoms with Crippen molar-refractivity contribution in [3.63, 3.8) is 0 Å². The fraction of sp³-hybridized carbons (Fsp3) is 0.385. The van der Waals surface area contributed by atoms with Gasteiger partial charge in [-0.05, 0) is 37.1 Å². The lowest BCUT2D eigenvalue weighted by atomic mass is 10.1. The molecule has 0 saturated heterocycles. The van der Waals surface area contributed by atoms with E-state index in [1.54, 1.807) is 12.1 Å². The van der Waals surface area contributed by atoms with Gasteiger partial charge in [0.05, 0.1) is 18.2 Å². The Kier molecular flexibility index (Phi) is 5.02. The third-order valence-corrected chi connectivity index (χ3v) is 2.37. The Hall–Kier alpha value is -2.02. The van der Waals surface area contributed by atoms with Crippen molar-refractivity contribution in [1.29, 1.82) is 5.26 Å². The van der Waals surface area contributed by atoms with Gasteiger partial charge in [-0.2, -0.15) is 5.26 Å². The van der Waals surface area contributed by atoms with Crippen LogP contribution in [0.2, 0.25) is 0 Å². The van der Waals surface area contributed by atoms with Crippen molar-refractivity contribution in [2.45, 2.75) is 20.3 Å². The lowest BCUT2D eigenvalue weighted by Crippen LogP contribution is -2.30. The number of aryl methyl sites for hydroxylation is 1. The van der Waals surface area contributed by atoms with E-state index in [-0.39, 0.29) is 12.5 Å². The molecule has 90 valence electrons. The fourth-order valence-corrected chi connectivity index (χ4v) is 1.43. The van der Waals surface area contributed by atoms with Gasteiger partial charge in [0.2, 0.25) is 5.91 Å². The molecule has 1 amide bonds. The molecule has 4 heteroatoms. The van der Waals surface area contributed by atoms with Gasteiger partial charge in [-0.1, -0.05) is 6.92 Å². The average molecular weight is 231 g/mol. The zero-order valence-electron chi connectivity index (χ0n) is 10.2. The molecule has 2 N–H and O–H groups in total. The number of anilines is 1. The van der Waals surface area contributed by atoms with Gasteiger partial charge in [0.15, 0.2) is 0 Å². The Morgan fingerprint density at radius 1 is 1.47 bits per heavy atom. The summed E-state index contributed by atoms with van der Waals surface area (Å²) in [5.74, 6) is -0.0180. The number of hydrogen-bond acceptors (Lipinski definition) is 3. The van der Waals surface area contributed by atoms with Gasteiger partial charge in [-0.3, -0.25) is 4.79 Å². The van der Waals surface area contributed by atoms with Crippen LogP contribution < -0.4 is 10.6 Å². The Morgan fingerprint density at radius 2 is 2.24 bits per heavy atom. The van der Waals surface area contributed by atoms with Crippen molar-refractivity contribution >= 4 is 11.6 Å². The van der Waals surface area contributed by atoms with E-state index < -0.39 is 0 Å². The number of nitriles is 1. The van der Waals surface area contributed by atoms with Crippen LogP contribution in [0.5, 0.6) is 0 Å². The molecule has 1 aromatic carbocycles. The molecule has 0 aliphatic heterocycles. The quantitative estimate of drug-likeness (QED) is 0.812. The fourth-order valence-electron chi connectivity index (χ4n) is 1.43. The Labute approximate surface area is 102 Å². The smallest absolute Gasteiger partial charge is 0.239 e. The summed E-state index contributed by atoms with van der Waals surface area (Å²) in [7, 11) is 0. The standard InChI is InChI=1S/C13H17N3O/c1-3-6-15-13(17)9-16-12-5-4-11(8-14)7-10(12)2/h4-5,7,16H,3,6,9H2,1-2H3,(H,15,17). The Bertz CT molecular complexity index is 435. The first-order chi connectivity index (χ1) is 8.17. The van der Waals surface area contributed by atoms with Gasteiger partial charge < -0.3 is 10.6 Å². The van der Waals surface area contributed by atoms with E-state index in [0.29, 0.717) is 12.1 Å². The van der Waals surface area contributed by atoms with Crippen LogP contribution in [0.1, 0.15) is 24.5 Å². The van der Waals surface area contributed by atoms with Gasteiger partial charge in [0.1, 0.15) is 0 Å². The molecule has 0 heterocycles. The molecule has 0 aliphatic rings. The Morgan fingerprint density at radius 3 is 2.82 bits per heavy atom. The van der Waals surface area contributed by atoms with E-state index in [1.165, 1.54) is 0 Å². The largest absolute Gasteiger partial charge is 0.376 e. The summed E-state index contributed by atoms with van der Waals surface area (Å²) < 4.78 is 0. The van der Waals surface area contributed by atoms with Crippen molar-refractivity contribution in [2.24, 2.45) is 0 Å². The van der Waals surface area contributed by atoms with E-state index in [2.05, 4.69) is 16.7 Å². The highest BCUT2D eigenvalue weighted by Crippen LogP contribution is 2.15. The molecule has 1 aromatic rings. The van der Waals surface area contributed by atoms with E-state index in [4.69, 9.17) is 5.26 Å². The van der Waals surface area contributed by atoms with Crippen molar-refractivity contribution in [2.75, 3.05) is 18.4 Å². The van der Waals surface area contributed by atoms with Crippen LogP contribution in [0.4, 0.5) is 5.69 Å². The van der Waals surface area contributed by atoms with Crippen LogP contribution >= 0.6 is 0 Å². The lowest BCUT2D eigenvalue weighted by molar-refractivity contribution is -0.119. The maximum atomic E-state index is 11.4. The number of hydrogen-bond donors (Lipinski definition) is 2. The van der Waals surface area contributed by atoms with E-state index in [1.807, 2.05) is 19.9 Å². The monoisotopic (exact) mass is 231 g/mol. The number of amides is 1. The molecule has 0 spiro atoms. The van der Waals surface area contributed by atoms with Crippen LogP contribution in [-0.2, 0) is 4.79 Å². The second kappa shape index (κ2) is 6.54. The lowest BCUT2D eigenvalue weighted by Gasteiger charge is -2.09. The summed E-state index contributed by atoms with van der Waals surface area (Å²) in [5.41, 5.74) is 2.48. The highest BCUT2D eigenvalue weighted by Gasteiger charge is 2.02. The molecule has 0 saturated carbocycles. The highest BCUT2D eigenvalue weighted by atomic mass is 16.1. The molecule has 1 rings (SSSR count). The maximum Gasteiger partial charge on any atom is 0.239 e. The number of nitrogens with zero attached hydrogens (tertiary/aromatic N) is 1. The zero-order chi connectivity index (χ0) is 12.7. The maximum absolute atomic E-state index is 11.4. The van der Waals surface area contributed by atoms with Crippen molar-refractivity contribution < 1.29 is 4.79 Å². The summed E-state index contributed by atoms with van der Waals surface area (Å²) in [5, 5.41) is 14.6. The molecule has 17 heavy (non-hydrogen) atoms. The normalized spacial score (nSPS) is 9.47. The van der Waals surface area contributed by atoms with Gasteiger partial charge >= 0.3 is 0 Å². The average Bonchev–Trinajstić information content (AvgIpc) is 2.34. The molecule has 0 atom stereocenters. The van der Waals surface area contributed by atoms with Crippen molar-refractivity contribution in [1.82, 2.24) is 5.32 Å².